The van der Waals surface area contributed by atoms with Crippen LogP contribution in [0.2, 0.25) is 0 Å². The zero-order valence-corrected chi connectivity index (χ0v) is 8.93. The summed E-state index contributed by atoms with van der Waals surface area (Å²) in [5, 5.41) is 0. The maximum absolute atomic E-state index is 5.60. The predicted molar refractivity (Wildman–Crippen MR) is 60.4 cm³/mol. The van der Waals surface area contributed by atoms with Crippen molar-refractivity contribution in [1.82, 2.24) is 0 Å². The average molecular weight is 204 g/mol. The summed E-state index contributed by atoms with van der Waals surface area (Å²) in [5.41, 5.74) is 1.17. The van der Waals surface area contributed by atoms with E-state index in [0.29, 0.717) is 6.10 Å². The first kappa shape index (κ1) is 10.4. The van der Waals surface area contributed by atoms with Gasteiger partial charge in [0.1, 0.15) is 0 Å². The molecule has 2 atom stereocenters. The molecule has 0 radical (unpaired) electrons. The van der Waals surface area contributed by atoms with Gasteiger partial charge in [-0.2, -0.15) is 0 Å². The van der Waals surface area contributed by atoms with Crippen LogP contribution in [0.3, 0.4) is 0 Å². The van der Waals surface area contributed by atoms with E-state index < -0.39 is 0 Å². The number of rotatable bonds is 2. The normalized spacial score (nSPS) is 27.0. The summed E-state index contributed by atoms with van der Waals surface area (Å²) >= 11 is 0. The SMILES string of the molecule is C[C@H]1CCO[C@H](/C=C/c2ccccc2)O1. The van der Waals surface area contributed by atoms with Gasteiger partial charge in [-0.25, -0.2) is 0 Å². The van der Waals surface area contributed by atoms with E-state index in [9.17, 15) is 0 Å². The summed E-state index contributed by atoms with van der Waals surface area (Å²) in [7, 11) is 0. The zero-order chi connectivity index (χ0) is 10.5. The molecule has 1 fully saturated rings. The summed E-state index contributed by atoms with van der Waals surface area (Å²) in [6.45, 7) is 2.86. The molecule has 1 heterocycles. The molecule has 80 valence electrons. The molecule has 0 aliphatic carbocycles. The molecular weight excluding hydrogens is 188 g/mol. The molecular formula is C13H16O2. The van der Waals surface area contributed by atoms with Crippen molar-refractivity contribution in [3.63, 3.8) is 0 Å². The second-order valence-electron chi connectivity index (χ2n) is 3.74. The van der Waals surface area contributed by atoms with Crippen LogP contribution in [0.1, 0.15) is 18.9 Å². The van der Waals surface area contributed by atoms with Gasteiger partial charge in [0.15, 0.2) is 6.29 Å². The molecule has 0 aromatic heterocycles. The van der Waals surface area contributed by atoms with E-state index >= 15 is 0 Å². The van der Waals surface area contributed by atoms with Crippen molar-refractivity contribution in [2.45, 2.75) is 25.7 Å². The Morgan fingerprint density at radius 3 is 2.80 bits per heavy atom. The van der Waals surface area contributed by atoms with E-state index in [1.165, 1.54) is 5.56 Å². The fraction of sp³-hybridized carbons (Fsp3) is 0.385. The number of benzene rings is 1. The van der Waals surface area contributed by atoms with Crippen molar-refractivity contribution in [1.29, 1.82) is 0 Å². The molecule has 0 unspecified atom stereocenters. The van der Waals surface area contributed by atoms with E-state index in [0.717, 1.165) is 13.0 Å². The van der Waals surface area contributed by atoms with Crippen molar-refractivity contribution in [2.24, 2.45) is 0 Å². The molecule has 15 heavy (non-hydrogen) atoms. The van der Waals surface area contributed by atoms with Gasteiger partial charge >= 0.3 is 0 Å². The van der Waals surface area contributed by atoms with Gasteiger partial charge in [-0.3, -0.25) is 0 Å². The second-order valence-corrected chi connectivity index (χ2v) is 3.74. The lowest BCUT2D eigenvalue weighted by molar-refractivity contribution is -0.180. The van der Waals surface area contributed by atoms with E-state index in [1.807, 2.05) is 30.4 Å². The van der Waals surface area contributed by atoms with Gasteiger partial charge in [-0.1, -0.05) is 36.4 Å². The molecule has 0 bridgehead atoms. The van der Waals surface area contributed by atoms with Crippen LogP contribution in [-0.2, 0) is 9.47 Å². The lowest BCUT2D eigenvalue weighted by atomic mass is 10.2. The highest BCUT2D eigenvalue weighted by molar-refractivity contribution is 5.48. The second kappa shape index (κ2) is 5.10. The number of hydrogen-bond acceptors (Lipinski definition) is 2. The Balaban J connectivity index is 1.93. The third-order valence-electron chi connectivity index (χ3n) is 2.42. The zero-order valence-electron chi connectivity index (χ0n) is 8.93. The quantitative estimate of drug-likeness (QED) is 0.737. The Morgan fingerprint density at radius 2 is 2.07 bits per heavy atom. The molecule has 0 spiro atoms. The number of hydrogen-bond donors (Lipinski definition) is 0. The lowest BCUT2D eigenvalue weighted by Gasteiger charge is -2.25. The maximum atomic E-state index is 5.60. The minimum absolute atomic E-state index is 0.186. The molecule has 1 aliphatic heterocycles. The first-order valence-electron chi connectivity index (χ1n) is 5.35. The largest absolute Gasteiger partial charge is 0.349 e. The molecule has 0 amide bonds. The van der Waals surface area contributed by atoms with Gasteiger partial charge in [0.2, 0.25) is 0 Å². The Bertz CT molecular complexity index is 319. The summed E-state index contributed by atoms with van der Waals surface area (Å²) in [5.74, 6) is 0. The van der Waals surface area contributed by atoms with E-state index in [1.54, 1.807) is 0 Å². The topological polar surface area (TPSA) is 18.5 Å². The third-order valence-corrected chi connectivity index (χ3v) is 2.42. The van der Waals surface area contributed by atoms with Crippen LogP contribution in [0.5, 0.6) is 0 Å². The standard InChI is InChI=1S/C13H16O2/c1-11-9-10-14-13(15-11)8-7-12-5-3-2-4-6-12/h2-8,11,13H,9-10H2,1H3/b8-7+/t11-,13-/m0/s1. The Labute approximate surface area is 90.5 Å². The molecule has 2 heteroatoms. The third kappa shape index (κ3) is 3.18. The molecule has 2 nitrogen and oxygen atoms in total. The Morgan fingerprint density at radius 1 is 1.27 bits per heavy atom. The molecule has 2 rings (SSSR count). The summed E-state index contributed by atoms with van der Waals surface area (Å²) in [6, 6.07) is 10.2. The summed E-state index contributed by atoms with van der Waals surface area (Å²) in [4.78, 5) is 0. The first-order valence-corrected chi connectivity index (χ1v) is 5.35. The predicted octanol–water partition coefficient (Wildman–Crippen LogP) is 2.85. The van der Waals surface area contributed by atoms with Crippen LogP contribution in [-0.4, -0.2) is 19.0 Å². The van der Waals surface area contributed by atoms with Gasteiger partial charge in [0.25, 0.3) is 0 Å². The van der Waals surface area contributed by atoms with E-state index in [2.05, 4.69) is 19.1 Å². The Hall–Kier alpha value is -1.12. The summed E-state index contributed by atoms with van der Waals surface area (Å²) < 4.78 is 11.1. The minimum Gasteiger partial charge on any atom is -0.349 e. The fourth-order valence-electron chi connectivity index (χ4n) is 1.54. The van der Waals surface area contributed by atoms with Gasteiger partial charge in [-0.15, -0.1) is 0 Å². The smallest absolute Gasteiger partial charge is 0.177 e. The molecule has 0 N–H and O–H groups in total. The maximum Gasteiger partial charge on any atom is 0.177 e. The lowest BCUT2D eigenvalue weighted by Crippen LogP contribution is -2.28. The van der Waals surface area contributed by atoms with Crippen LogP contribution >= 0.6 is 0 Å². The van der Waals surface area contributed by atoms with Gasteiger partial charge < -0.3 is 9.47 Å². The molecule has 1 aliphatic rings. The van der Waals surface area contributed by atoms with Gasteiger partial charge in [-0.05, 0) is 25.0 Å². The van der Waals surface area contributed by atoms with Crippen molar-refractivity contribution in [3.05, 3.63) is 42.0 Å². The van der Waals surface area contributed by atoms with Gasteiger partial charge in [0.05, 0.1) is 12.7 Å². The highest BCUT2D eigenvalue weighted by Gasteiger charge is 2.16. The Kier molecular flexibility index (Phi) is 3.54. The van der Waals surface area contributed by atoms with Crippen molar-refractivity contribution >= 4 is 6.08 Å². The molecule has 1 aromatic rings. The van der Waals surface area contributed by atoms with Crippen molar-refractivity contribution in [3.8, 4) is 0 Å². The highest BCUT2D eigenvalue weighted by Crippen LogP contribution is 2.14. The molecule has 1 aromatic carbocycles. The molecule has 0 saturated carbocycles. The molecule has 1 saturated heterocycles. The van der Waals surface area contributed by atoms with Crippen LogP contribution < -0.4 is 0 Å². The number of ether oxygens (including phenoxy) is 2. The van der Waals surface area contributed by atoms with Crippen LogP contribution in [0.4, 0.5) is 0 Å². The average Bonchev–Trinajstić information content (AvgIpc) is 2.28. The van der Waals surface area contributed by atoms with Gasteiger partial charge in [0, 0.05) is 0 Å². The van der Waals surface area contributed by atoms with E-state index in [-0.39, 0.29) is 6.29 Å². The van der Waals surface area contributed by atoms with Crippen LogP contribution in [0, 0.1) is 0 Å². The summed E-state index contributed by atoms with van der Waals surface area (Å²) in [6.07, 6.45) is 5.08. The van der Waals surface area contributed by atoms with Crippen LogP contribution in [0.25, 0.3) is 6.08 Å². The monoisotopic (exact) mass is 204 g/mol. The highest BCUT2D eigenvalue weighted by atomic mass is 16.7. The minimum atomic E-state index is -0.186. The first-order chi connectivity index (χ1) is 7.34. The van der Waals surface area contributed by atoms with E-state index in [4.69, 9.17) is 9.47 Å². The van der Waals surface area contributed by atoms with Crippen LogP contribution in [0.15, 0.2) is 36.4 Å². The fourth-order valence-corrected chi connectivity index (χ4v) is 1.54. The van der Waals surface area contributed by atoms with Crippen molar-refractivity contribution < 1.29 is 9.47 Å². The van der Waals surface area contributed by atoms with Crippen molar-refractivity contribution in [2.75, 3.05) is 6.61 Å².